The first-order valence-electron chi connectivity index (χ1n) is 7.16. The highest BCUT2D eigenvalue weighted by molar-refractivity contribution is 6.07. The molecule has 0 saturated heterocycles. The molecule has 1 aliphatic rings. The van der Waals surface area contributed by atoms with Crippen LogP contribution in [0.2, 0.25) is 0 Å². The van der Waals surface area contributed by atoms with Crippen LogP contribution in [-0.4, -0.2) is 18.5 Å². The topological polar surface area (TPSA) is 47.9 Å². The fourth-order valence-electron chi connectivity index (χ4n) is 2.07. The molecule has 0 saturated carbocycles. The van der Waals surface area contributed by atoms with Crippen molar-refractivity contribution in [3.8, 4) is 5.75 Å². The van der Waals surface area contributed by atoms with Crippen molar-refractivity contribution in [1.82, 2.24) is 0 Å². The molecule has 116 valence electrons. The van der Waals surface area contributed by atoms with E-state index in [1.54, 1.807) is 18.2 Å². The number of halogens is 1. The fourth-order valence-corrected chi connectivity index (χ4v) is 2.07. The van der Waals surface area contributed by atoms with Crippen LogP contribution in [0.25, 0.3) is 6.08 Å². The van der Waals surface area contributed by atoms with E-state index in [-0.39, 0.29) is 11.6 Å². The Morgan fingerprint density at radius 3 is 2.61 bits per heavy atom. The minimum Gasteiger partial charge on any atom is -0.493 e. The first-order valence-corrected chi connectivity index (χ1v) is 7.16. The number of aliphatic imine (C=N–C) groups is 1. The molecule has 1 aliphatic heterocycles. The summed E-state index contributed by atoms with van der Waals surface area (Å²) in [4.78, 5) is 15.9. The highest BCUT2D eigenvalue weighted by atomic mass is 19.1. The van der Waals surface area contributed by atoms with E-state index < -0.39 is 11.8 Å². The number of benzene rings is 2. The summed E-state index contributed by atoms with van der Waals surface area (Å²) in [6, 6.07) is 15.5. The Hall–Kier alpha value is -2.95. The number of carbonyl (C=O) groups is 1. The molecule has 23 heavy (non-hydrogen) atoms. The van der Waals surface area contributed by atoms with Crippen molar-refractivity contribution in [3.05, 3.63) is 71.7 Å². The second kappa shape index (κ2) is 6.87. The van der Waals surface area contributed by atoms with E-state index in [4.69, 9.17) is 9.47 Å². The highest BCUT2D eigenvalue weighted by Gasteiger charge is 2.23. The Bertz CT molecular complexity index is 769. The van der Waals surface area contributed by atoms with Gasteiger partial charge in [0.15, 0.2) is 5.70 Å². The van der Waals surface area contributed by atoms with Crippen LogP contribution in [0, 0.1) is 5.82 Å². The molecule has 3 rings (SSSR count). The van der Waals surface area contributed by atoms with Crippen LogP contribution in [-0.2, 0) is 9.53 Å². The molecule has 0 atom stereocenters. The van der Waals surface area contributed by atoms with E-state index in [0.29, 0.717) is 18.6 Å². The van der Waals surface area contributed by atoms with Gasteiger partial charge in [0.25, 0.3) is 0 Å². The van der Waals surface area contributed by atoms with Crippen molar-refractivity contribution >= 4 is 17.9 Å². The summed E-state index contributed by atoms with van der Waals surface area (Å²) in [6.45, 7) is 0.336. The summed E-state index contributed by atoms with van der Waals surface area (Å²) < 4.78 is 24.2. The second-order valence-electron chi connectivity index (χ2n) is 4.86. The number of carbonyl (C=O) groups excluding carboxylic acids is 1. The van der Waals surface area contributed by atoms with Gasteiger partial charge in [-0.1, -0.05) is 36.4 Å². The van der Waals surface area contributed by atoms with Crippen molar-refractivity contribution in [2.75, 3.05) is 6.61 Å². The Kier molecular flexibility index (Phi) is 4.47. The number of para-hydroxylation sites is 1. The van der Waals surface area contributed by atoms with Gasteiger partial charge in [-0.3, -0.25) is 0 Å². The zero-order valence-electron chi connectivity index (χ0n) is 12.2. The summed E-state index contributed by atoms with van der Waals surface area (Å²) in [5.74, 6) is 0.0138. The smallest absolute Gasteiger partial charge is 0.363 e. The van der Waals surface area contributed by atoms with E-state index >= 15 is 0 Å². The maximum atomic E-state index is 13.6. The van der Waals surface area contributed by atoms with Crippen molar-refractivity contribution < 1.29 is 18.7 Å². The van der Waals surface area contributed by atoms with Gasteiger partial charge in [0.2, 0.25) is 5.90 Å². The standard InChI is InChI=1S/C18H14FNO3/c19-15-9-5-4-6-13(15)12-16-18(21)23-17(20-16)10-11-22-14-7-2-1-3-8-14/h1-9,12H,10-11H2/b16-12-. The predicted molar refractivity (Wildman–Crippen MR) is 84.5 cm³/mol. The maximum absolute atomic E-state index is 13.6. The molecule has 0 N–H and O–H groups in total. The Morgan fingerprint density at radius 1 is 1.09 bits per heavy atom. The number of nitrogens with zero attached hydrogens (tertiary/aromatic N) is 1. The lowest BCUT2D eigenvalue weighted by Gasteiger charge is -2.04. The molecule has 2 aromatic carbocycles. The van der Waals surface area contributed by atoms with Gasteiger partial charge in [0.1, 0.15) is 11.6 Å². The molecule has 5 heteroatoms. The highest BCUT2D eigenvalue weighted by Crippen LogP contribution is 2.18. The third kappa shape index (κ3) is 3.83. The van der Waals surface area contributed by atoms with Crippen LogP contribution in [0.5, 0.6) is 5.75 Å². The van der Waals surface area contributed by atoms with E-state index in [1.807, 2.05) is 30.3 Å². The molecule has 0 spiro atoms. The number of esters is 1. The molecule has 0 unspecified atom stereocenters. The van der Waals surface area contributed by atoms with Crippen molar-refractivity contribution in [3.63, 3.8) is 0 Å². The Labute approximate surface area is 132 Å². The van der Waals surface area contributed by atoms with Gasteiger partial charge in [-0.05, 0) is 24.3 Å². The van der Waals surface area contributed by atoms with E-state index in [9.17, 15) is 9.18 Å². The second-order valence-corrected chi connectivity index (χ2v) is 4.86. The van der Waals surface area contributed by atoms with Crippen molar-refractivity contribution in [2.24, 2.45) is 4.99 Å². The Morgan fingerprint density at radius 2 is 1.83 bits per heavy atom. The van der Waals surface area contributed by atoms with E-state index in [0.717, 1.165) is 5.75 Å². The third-order valence-corrected chi connectivity index (χ3v) is 3.19. The van der Waals surface area contributed by atoms with Crippen LogP contribution < -0.4 is 4.74 Å². The number of hydrogen-bond donors (Lipinski definition) is 0. The van der Waals surface area contributed by atoms with Gasteiger partial charge in [-0.25, -0.2) is 14.2 Å². The fraction of sp³-hybridized carbons (Fsp3) is 0.111. The van der Waals surface area contributed by atoms with Gasteiger partial charge in [0.05, 0.1) is 13.0 Å². The monoisotopic (exact) mass is 311 g/mol. The van der Waals surface area contributed by atoms with Crippen molar-refractivity contribution in [2.45, 2.75) is 6.42 Å². The molecule has 0 fully saturated rings. The minimum absolute atomic E-state index is 0.0878. The minimum atomic E-state index is -0.581. The van der Waals surface area contributed by atoms with Gasteiger partial charge in [-0.15, -0.1) is 0 Å². The molecule has 0 bridgehead atoms. The molecule has 1 heterocycles. The first-order chi connectivity index (χ1) is 11.2. The number of hydrogen-bond acceptors (Lipinski definition) is 4. The third-order valence-electron chi connectivity index (χ3n) is 3.19. The molecular formula is C18H14FNO3. The van der Waals surface area contributed by atoms with E-state index in [1.165, 1.54) is 12.1 Å². The summed E-state index contributed by atoms with van der Waals surface area (Å²) in [7, 11) is 0. The zero-order chi connectivity index (χ0) is 16.1. The lowest BCUT2D eigenvalue weighted by Crippen LogP contribution is -2.08. The van der Waals surface area contributed by atoms with E-state index in [2.05, 4.69) is 4.99 Å². The van der Waals surface area contributed by atoms with Gasteiger partial charge in [-0.2, -0.15) is 0 Å². The lowest BCUT2D eigenvalue weighted by atomic mass is 10.2. The molecule has 0 aliphatic carbocycles. The number of rotatable bonds is 5. The van der Waals surface area contributed by atoms with Crippen LogP contribution in [0.1, 0.15) is 12.0 Å². The average Bonchev–Trinajstić information content (AvgIpc) is 2.90. The first kappa shape index (κ1) is 15.0. The molecule has 0 radical (unpaired) electrons. The van der Waals surface area contributed by atoms with Gasteiger partial charge < -0.3 is 9.47 Å². The summed E-state index contributed by atoms with van der Waals surface area (Å²) in [6.07, 6.45) is 1.73. The molecule has 2 aromatic rings. The van der Waals surface area contributed by atoms with Crippen molar-refractivity contribution in [1.29, 1.82) is 0 Å². The van der Waals surface area contributed by atoms with Crippen LogP contribution in [0.3, 0.4) is 0 Å². The normalized spacial score (nSPS) is 15.4. The number of cyclic esters (lactones) is 1. The number of ether oxygens (including phenoxy) is 2. The zero-order valence-corrected chi connectivity index (χ0v) is 12.2. The largest absolute Gasteiger partial charge is 0.493 e. The Balaban J connectivity index is 1.64. The summed E-state index contributed by atoms with van der Waals surface area (Å²) in [5.41, 5.74) is 0.384. The van der Waals surface area contributed by atoms with Crippen LogP contribution in [0.4, 0.5) is 4.39 Å². The quantitative estimate of drug-likeness (QED) is 0.626. The summed E-state index contributed by atoms with van der Waals surface area (Å²) >= 11 is 0. The maximum Gasteiger partial charge on any atom is 0.363 e. The molecule has 4 nitrogen and oxygen atoms in total. The average molecular weight is 311 g/mol. The molecular weight excluding hydrogens is 297 g/mol. The molecule has 0 aromatic heterocycles. The SMILES string of the molecule is O=C1OC(CCOc2ccccc2)=N/C1=C\c1ccccc1F. The van der Waals surface area contributed by atoms with Gasteiger partial charge in [0, 0.05) is 5.56 Å². The lowest BCUT2D eigenvalue weighted by molar-refractivity contribution is -0.130. The summed E-state index contributed by atoms with van der Waals surface area (Å²) in [5, 5.41) is 0. The van der Waals surface area contributed by atoms with Crippen LogP contribution >= 0.6 is 0 Å². The van der Waals surface area contributed by atoms with Crippen LogP contribution in [0.15, 0.2) is 65.3 Å². The van der Waals surface area contributed by atoms with Gasteiger partial charge >= 0.3 is 5.97 Å². The predicted octanol–water partition coefficient (Wildman–Crippen LogP) is 3.59. The molecule has 0 amide bonds.